The summed E-state index contributed by atoms with van der Waals surface area (Å²) in [5, 5.41) is 3.08. The number of carbonyl (C=O) groups is 1. The number of para-hydroxylation sites is 1. The van der Waals surface area contributed by atoms with E-state index in [-0.39, 0.29) is 11.9 Å². The third-order valence-corrected chi connectivity index (χ3v) is 4.13. The predicted molar refractivity (Wildman–Crippen MR) is 90.7 cm³/mol. The zero-order chi connectivity index (χ0) is 16.6. The van der Waals surface area contributed by atoms with Gasteiger partial charge in [-0.1, -0.05) is 18.2 Å². The molecule has 2 atom stereocenters. The van der Waals surface area contributed by atoms with Crippen LogP contribution in [0, 0.1) is 5.92 Å². The molecule has 0 aliphatic carbocycles. The molecule has 2 aromatic rings. The van der Waals surface area contributed by atoms with Gasteiger partial charge in [-0.15, -0.1) is 0 Å². The number of benzene rings is 1. The van der Waals surface area contributed by atoms with Gasteiger partial charge in [-0.3, -0.25) is 9.78 Å². The van der Waals surface area contributed by atoms with Crippen molar-refractivity contribution in [1.82, 2.24) is 10.3 Å². The first-order valence-corrected chi connectivity index (χ1v) is 8.25. The lowest BCUT2D eigenvalue weighted by Crippen LogP contribution is -2.41. The minimum atomic E-state index is 0.00107. The molecule has 1 saturated heterocycles. The number of hydrogen-bond donors (Lipinski definition) is 1. The van der Waals surface area contributed by atoms with E-state index in [1.54, 1.807) is 12.4 Å². The van der Waals surface area contributed by atoms with Crippen LogP contribution in [0.4, 0.5) is 0 Å². The Kier molecular flexibility index (Phi) is 5.80. The van der Waals surface area contributed by atoms with Crippen molar-refractivity contribution in [3.8, 4) is 5.75 Å². The molecule has 5 heteroatoms. The van der Waals surface area contributed by atoms with Crippen LogP contribution in [-0.2, 0) is 16.0 Å². The molecule has 126 valence electrons. The molecule has 1 fully saturated rings. The Balaban J connectivity index is 1.43. The lowest BCUT2D eigenvalue weighted by atomic mass is 9.95. The van der Waals surface area contributed by atoms with Gasteiger partial charge in [-0.25, -0.2) is 0 Å². The fourth-order valence-corrected chi connectivity index (χ4v) is 2.84. The first kappa shape index (κ1) is 16.5. The first-order valence-electron chi connectivity index (χ1n) is 8.25. The lowest BCUT2D eigenvalue weighted by molar-refractivity contribution is -0.122. The normalized spacial score (nSPS) is 19.8. The van der Waals surface area contributed by atoms with Crippen LogP contribution in [0.1, 0.15) is 12.0 Å². The molecule has 1 amide bonds. The Hall–Kier alpha value is -2.40. The highest BCUT2D eigenvalue weighted by atomic mass is 16.5. The summed E-state index contributed by atoms with van der Waals surface area (Å²) in [6.07, 6.45) is 4.81. The topological polar surface area (TPSA) is 60.5 Å². The van der Waals surface area contributed by atoms with Gasteiger partial charge in [0.2, 0.25) is 5.91 Å². The maximum Gasteiger partial charge on any atom is 0.223 e. The van der Waals surface area contributed by atoms with Crippen LogP contribution in [-0.4, -0.2) is 36.8 Å². The van der Waals surface area contributed by atoms with E-state index in [1.165, 1.54) is 5.56 Å². The number of hydrogen-bond acceptors (Lipinski definition) is 4. The summed E-state index contributed by atoms with van der Waals surface area (Å²) in [7, 11) is 0. The van der Waals surface area contributed by atoms with Gasteiger partial charge in [0.25, 0.3) is 0 Å². The largest absolute Gasteiger partial charge is 0.493 e. The second-order valence-corrected chi connectivity index (χ2v) is 5.94. The van der Waals surface area contributed by atoms with Crippen LogP contribution >= 0.6 is 0 Å². The summed E-state index contributed by atoms with van der Waals surface area (Å²) in [5.74, 6) is 1.08. The van der Waals surface area contributed by atoms with E-state index in [9.17, 15) is 4.79 Å². The van der Waals surface area contributed by atoms with E-state index < -0.39 is 0 Å². The molecule has 0 spiro atoms. The average Bonchev–Trinajstić information content (AvgIpc) is 3.03. The fraction of sp³-hybridized carbons (Fsp3) is 0.368. The van der Waals surface area contributed by atoms with Gasteiger partial charge >= 0.3 is 0 Å². The van der Waals surface area contributed by atoms with Crippen LogP contribution in [0.2, 0.25) is 0 Å². The number of amides is 1. The third kappa shape index (κ3) is 4.80. The van der Waals surface area contributed by atoms with E-state index >= 15 is 0 Å². The summed E-state index contributed by atoms with van der Waals surface area (Å²) in [6, 6.07) is 13.6. The van der Waals surface area contributed by atoms with Gasteiger partial charge < -0.3 is 14.8 Å². The van der Waals surface area contributed by atoms with Crippen molar-refractivity contribution in [2.24, 2.45) is 5.92 Å². The number of nitrogens with one attached hydrogen (secondary N) is 1. The van der Waals surface area contributed by atoms with Crippen molar-refractivity contribution in [3.05, 3.63) is 60.4 Å². The highest BCUT2D eigenvalue weighted by molar-refractivity contribution is 5.76. The maximum atomic E-state index is 12.1. The van der Waals surface area contributed by atoms with E-state index in [1.807, 2.05) is 42.5 Å². The molecule has 0 bridgehead atoms. The quantitative estimate of drug-likeness (QED) is 0.847. The second-order valence-electron chi connectivity index (χ2n) is 5.94. The van der Waals surface area contributed by atoms with Crippen molar-refractivity contribution >= 4 is 5.91 Å². The molecular formula is C19H22N2O3. The summed E-state index contributed by atoms with van der Waals surface area (Å²) in [5.41, 5.74) is 1.21. The monoisotopic (exact) mass is 326 g/mol. The molecule has 2 unspecified atom stereocenters. The van der Waals surface area contributed by atoms with Crippen LogP contribution < -0.4 is 10.1 Å². The summed E-state index contributed by atoms with van der Waals surface area (Å²) < 4.78 is 11.1. The molecule has 2 heterocycles. The Morgan fingerprint density at radius 1 is 1.17 bits per heavy atom. The predicted octanol–water partition coefficient (Wildman–Crippen LogP) is 2.22. The van der Waals surface area contributed by atoms with E-state index in [4.69, 9.17) is 9.47 Å². The van der Waals surface area contributed by atoms with Gasteiger partial charge in [-0.2, -0.15) is 0 Å². The molecule has 0 radical (unpaired) electrons. The minimum Gasteiger partial charge on any atom is -0.493 e. The third-order valence-electron chi connectivity index (χ3n) is 4.13. The van der Waals surface area contributed by atoms with Gasteiger partial charge in [0.05, 0.1) is 32.3 Å². The van der Waals surface area contributed by atoms with Crippen molar-refractivity contribution < 1.29 is 14.3 Å². The van der Waals surface area contributed by atoms with Crippen molar-refractivity contribution in [1.29, 1.82) is 0 Å². The van der Waals surface area contributed by atoms with Gasteiger partial charge in [0, 0.05) is 18.3 Å². The van der Waals surface area contributed by atoms with Gasteiger partial charge in [0.1, 0.15) is 5.75 Å². The SMILES string of the molecule is O=C(CCOc1ccccc1)NC1COCC1Cc1ccncc1. The molecular weight excluding hydrogens is 304 g/mol. The number of pyridine rings is 1. The molecule has 1 aliphatic rings. The fourth-order valence-electron chi connectivity index (χ4n) is 2.84. The van der Waals surface area contributed by atoms with Gasteiger partial charge in [-0.05, 0) is 36.2 Å². The minimum absolute atomic E-state index is 0.00107. The van der Waals surface area contributed by atoms with Crippen molar-refractivity contribution in [3.63, 3.8) is 0 Å². The van der Waals surface area contributed by atoms with Gasteiger partial charge in [0.15, 0.2) is 0 Å². The average molecular weight is 326 g/mol. The van der Waals surface area contributed by atoms with E-state index in [0.29, 0.717) is 32.2 Å². The van der Waals surface area contributed by atoms with E-state index in [2.05, 4.69) is 10.3 Å². The zero-order valence-corrected chi connectivity index (χ0v) is 13.6. The van der Waals surface area contributed by atoms with Crippen molar-refractivity contribution in [2.75, 3.05) is 19.8 Å². The number of aromatic nitrogens is 1. The number of rotatable bonds is 7. The van der Waals surface area contributed by atoms with Crippen LogP contribution in [0.25, 0.3) is 0 Å². The van der Waals surface area contributed by atoms with Crippen LogP contribution in [0.15, 0.2) is 54.9 Å². The highest BCUT2D eigenvalue weighted by Crippen LogP contribution is 2.19. The molecule has 0 saturated carbocycles. The number of ether oxygens (including phenoxy) is 2. The second kappa shape index (κ2) is 8.45. The molecule has 3 rings (SSSR count). The molecule has 1 aromatic heterocycles. The first-order chi connectivity index (χ1) is 11.8. The smallest absolute Gasteiger partial charge is 0.223 e. The molecule has 1 aliphatic heterocycles. The Morgan fingerprint density at radius 2 is 1.96 bits per heavy atom. The van der Waals surface area contributed by atoms with Crippen molar-refractivity contribution in [2.45, 2.75) is 18.9 Å². The maximum absolute atomic E-state index is 12.1. The van der Waals surface area contributed by atoms with Crippen LogP contribution in [0.5, 0.6) is 5.75 Å². The number of carbonyl (C=O) groups excluding carboxylic acids is 1. The molecule has 1 N–H and O–H groups in total. The number of nitrogens with zero attached hydrogens (tertiary/aromatic N) is 1. The standard InChI is InChI=1S/C19H22N2O3/c22-19(8-11-24-17-4-2-1-3-5-17)21-18-14-23-13-16(18)12-15-6-9-20-10-7-15/h1-7,9-10,16,18H,8,11-14H2,(H,21,22). The summed E-state index contributed by atoms with van der Waals surface area (Å²) in [4.78, 5) is 16.2. The molecule has 5 nitrogen and oxygen atoms in total. The Labute approximate surface area is 142 Å². The van der Waals surface area contributed by atoms with Crippen LogP contribution in [0.3, 0.4) is 0 Å². The lowest BCUT2D eigenvalue weighted by Gasteiger charge is -2.19. The highest BCUT2D eigenvalue weighted by Gasteiger charge is 2.29. The Morgan fingerprint density at radius 3 is 2.75 bits per heavy atom. The zero-order valence-electron chi connectivity index (χ0n) is 13.6. The van der Waals surface area contributed by atoms with E-state index in [0.717, 1.165) is 12.2 Å². The Bertz CT molecular complexity index is 634. The summed E-state index contributed by atoms with van der Waals surface area (Å²) in [6.45, 7) is 1.62. The summed E-state index contributed by atoms with van der Waals surface area (Å²) >= 11 is 0. The molecule has 1 aromatic carbocycles. The molecule has 24 heavy (non-hydrogen) atoms.